The van der Waals surface area contributed by atoms with Crippen LogP contribution in [0.3, 0.4) is 0 Å². The van der Waals surface area contributed by atoms with Gasteiger partial charge in [-0.05, 0) is 37.5 Å². The summed E-state index contributed by atoms with van der Waals surface area (Å²) in [5.74, 6) is 0. The van der Waals surface area contributed by atoms with Gasteiger partial charge in [0.05, 0.1) is 0 Å². The van der Waals surface area contributed by atoms with Crippen LogP contribution in [0.2, 0.25) is 5.02 Å². The van der Waals surface area contributed by atoms with Crippen LogP contribution in [-0.2, 0) is 6.54 Å². The van der Waals surface area contributed by atoms with Crippen LogP contribution in [0.1, 0.15) is 24.5 Å². The maximum atomic E-state index is 8.76. The lowest BCUT2D eigenvalue weighted by atomic mass is 10.1. The zero-order valence-electron chi connectivity index (χ0n) is 9.26. The Hall–Kier alpha value is -0.570. The summed E-state index contributed by atoms with van der Waals surface area (Å²) in [7, 11) is 0. The lowest BCUT2D eigenvalue weighted by Gasteiger charge is -2.13. The van der Waals surface area contributed by atoms with Gasteiger partial charge in [-0.25, -0.2) is 0 Å². The van der Waals surface area contributed by atoms with Crippen molar-refractivity contribution in [2.24, 2.45) is 0 Å². The van der Waals surface area contributed by atoms with E-state index in [1.54, 1.807) is 0 Å². The molecule has 1 aromatic carbocycles. The molecule has 0 aliphatic heterocycles. The van der Waals surface area contributed by atoms with E-state index in [1.165, 1.54) is 5.56 Å². The minimum absolute atomic E-state index is 0.218. The maximum absolute atomic E-state index is 8.76. The van der Waals surface area contributed by atoms with Crippen molar-refractivity contribution in [3.63, 3.8) is 0 Å². The van der Waals surface area contributed by atoms with Crippen molar-refractivity contribution in [1.82, 2.24) is 5.32 Å². The van der Waals surface area contributed by atoms with E-state index in [4.69, 9.17) is 16.7 Å². The van der Waals surface area contributed by atoms with Gasteiger partial charge in [-0.15, -0.1) is 0 Å². The van der Waals surface area contributed by atoms with Gasteiger partial charge in [0.1, 0.15) is 0 Å². The molecule has 1 aromatic rings. The summed E-state index contributed by atoms with van der Waals surface area (Å²) >= 11 is 6.10. The number of aliphatic hydroxyl groups is 1. The first-order valence-corrected chi connectivity index (χ1v) is 5.60. The minimum Gasteiger partial charge on any atom is -0.396 e. The Labute approximate surface area is 96.3 Å². The van der Waals surface area contributed by atoms with Gasteiger partial charge < -0.3 is 10.4 Å². The lowest BCUT2D eigenvalue weighted by molar-refractivity contribution is 0.268. The van der Waals surface area contributed by atoms with Crippen molar-refractivity contribution < 1.29 is 5.11 Å². The monoisotopic (exact) mass is 227 g/mol. The molecule has 0 spiro atoms. The second-order valence-corrected chi connectivity index (χ2v) is 4.30. The second-order valence-electron chi connectivity index (χ2n) is 3.89. The van der Waals surface area contributed by atoms with Crippen molar-refractivity contribution in [3.8, 4) is 0 Å². The zero-order valence-corrected chi connectivity index (χ0v) is 10.0. The van der Waals surface area contributed by atoms with Crippen LogP contribution in [0.4, 0.5) is 0 Å². The number of benzene rings is 1. The highest BCUT2D eigenvalue weighted by Gasteiger charge is 2.03. The summed E-state index contributed by atoms with van der Waals surface area (Å²) in [6, 6.07) is 6.37. The molecule has 0 aromatic heterocycles. The summed E-state index contributed by atoms with van der Waals surface area (Å²) in [5.41, 5.74) is 2.28. The number of aliphatic hydroxyl groups excluding tert-OH is 1. The van der Waals surface area contributed by atoms with E-state index < -0.39 is 0 Å². The quantitative estimate of drug-likeness (QED) is 0.810. The molecule has 3 heteroatoms. The molecular weight excluding hydrogens is 210 g/mol. The SMILES string of the molecule is Cc1ccc(CNC(C)CCO)c(Cl)c1. The molecule has 0 amide bonds. The van der Waals surface area contributed by atoms with E-state index in [9.17, 15) is 0 Å². The van der Waals surface area contributed by atoms with Crippen LogP contribution in [0.5, 0.6) is 0 Å². The molecule has 15 heavy (non-hydrogen) atoms. The van der Waals surface area contributed by atoms with Crippen molar-refractivity contribution in [2.75, 3.05) is 6.61 Å². The molecule has 2 nitrogen and oxygen atoms in total. The fraction of sp³-hybridized carbons (Fsp3) is 0.500. The van der Waals surface area contributed by atoms with Crippen LogP contribution in [-0.4, -0.2) is 17.8 Å². The molecule has 0 radical (unpaired) electrons. The molecule has 0 fully saturated rings. The van der Waals surface area contributed by atoms with Gasteiger partial charge in [0, 0.05) is 24.2 Å². The van der Waals surface area contributed by atoms with E-state index in [0.717, 1.165) is 23.6 Å². The summed E-state index contributed by atoms with van der Waals surface area (Å²) in [6.45, 7) is 5.05. The number of rotatable bonds is 5. The Balaban J connectivity index is 2.50. The highest BCUT2D eigenvalue weighted by Crippen LogP contribution is 2.17. The standard InChI is InChI=1S/C12H18ClNO/c1-9-3-4-11(12(13)7-9)8-14-10(2)5-6-15/h3-4,7,10,14-15H,5-6,8H2,1-2H3. The first-order chi connectivity index (χ1) is 7.13. The largest absolute Gasteiger partial charge is 0.396 e. The van der Waals surface area contributed by atoms with E-state index in [0.29, 0.717) is 6.04 Å². The smallest absolute Gasteiger partial charge is 0.0453 e. The van der Waals surface area contributed by atoms with Gasteiger partial charge in [-0.2, -0.15) is 0 Å². The number of aryl methyl sites for hydroxylation is 1. The average molecular weight is 228 g/mol. The summed E-state index contributed by atoms with van der Waals surface area (Å²) in [4.78, 5) is 0. The molecule has 0 heterocycles. The molecule has 84 valence electrons. The van der Waals surface area contributed by atoms with Gasteiger partial charge >= 0.3 is 0 Å². The Kier molecular flexibility index (Phi) is 5.09. The molecule has 0 aliphatic rings. The predicted octanol–water partition coefficient (Wildman–Crippen LogP) is 2.51. The molecular formula is C12H18ClNO. The van der Waals surface area contributed by atoms with Gasteiger partial charge in [0.15, 0.2) is 0 Å². The Morgan fingerprint density at radius 2 is 2.20 bits per heavy atom. The van der Waals surface area contributed by atoms with Gasteiger partial charge in [0.2, 0.25) is 0 Å². The third-order valence-electron chi connectivity index (χ3n) is 2.41. The highest BCUT2D eigenvalue weighted by molar-refractivity contribution is 6.31. The third kappa shape index (κ3) is 4.20. The van der Waals surface area contributed by atoms with E-state index in [2.05, 4.69) is 18.3 Å². The molecule has 0 aliphatic carbocycles. The topological polar surface area (TPSA) is 32.3 Å². The number of hydrogen-bond donors (Lipinski definition) is 2. The molecule has 0 saturated carbocycles. The predicted molar refractivity (Wildman–Crippen MR) is 64.2 cm³/mol. The first-order valence-electron chi connectivity index (χ1n) is 5.22. The Bertz CT molecular complexity index is 314. The molecule has 1 rings (SSSR count). The Morgan fingerprint density at radius 3 is 2.80 bits per heavy atom. The van der Waals surface area contributed by atoms with Crippen LogP contribution >= 0.6 is 11.6 Å². The van der Waals surface area contributed by atoms with Gasteiger partial charge in [-0.1, -0.05) is 23.7 Å². The fourth-order valence-corrected chi connectivity index (χ4v) is 1.68. The van der Waals surface area contributed by atoms with Gasteiger partial charge in [-0.3, -0.25) is 0 Å². The van der Waals surface area contributed by atoms with Crippen molar-refractivity contribution >= 4 is 11.6 Å². The normalized spacial score (nSPS) is 12.8. The third-order valence-corrected chi connectivity index (χ3v) is 2.76. The van der Waals surface area contributed by atoms with E-state index >= 15 is 0 Å². The van der Waals surface area contributed by atoms with E-state index in [-0.39, 0.29) is 6.61 Å². The van der Waals surface area contributed by atoms with Crippen LogP contribution in [0.25, 0.3) is 0 Å². The molecule has 0 bridgehead atoms. The average Bonchev–Trinajstić information content (AvgIpc) is 2.17. The highest BCUT2D eigenvalue weighted by atomic mass is 35.5. The Morgan fingerprint density at radius 1 is 1.47 bits per heavy atom. The zero-order chi connectivity index (χ0) is 11.3. The van der Waals surface area contributed by atoms with Crippen molar-refractivity contribution in [1.29, 1.82) is 0 Å². The molecule has 0 saturated heterocycles. The van der Waals surface area contributed by atoms with Gasteiger partial charge in [0.25, 0.3) is 0 Å². The number of halogens is 1. The summed E-state index contributed by atoms with van der Waals surface area (Å²) in [5, 5.41) is 12.9. The molecule has 2 N–H and O–H groups in total. The summed E-state index contributed by atoms with van der Waals surface area (Å²) in [6.07, 6.45) is 0.767. The summed E-state index contributed by atoms with van der Waals surface area (Å²) < 4.78 is 0. The lowest BCUT2D eigenvalue weighted by Crippen LogP contribution is -2.26. The molecule has 1 unspecified atom stereocenters. The fourth-order valence-electron chi connectivity index (χ4n) is 1.38. The van der Waals surface area contributed by atoms with E-state index in [1.807, 2.05) is 19.1 Å². The number of nitrogens with one attached hydrogen (secondary N) is 1. The first kappa shape index (κ1) is 12.5. The van der Waals surface area contributed by atoms with Crippen molar-refractivity contribution in [2.45, 2.75) is 32.9 Å². The van der Waals surface area contributed by atoms with Crippen LogP contribution in [0, 0.1) is 6.92 Å². The maximum Gasteiger partial charge on any atom is 0.0453 e. The van der Waals surface area contributed by atoms with Crippen LogP contribution in [0.15, 0.2) is 18.2 Å². The minimum atomic E-state index is 0.218. The molecule has 1 atom stereocenters. The second kappa shape index (κ2) is 6.11. The van der Waals surface area contributed by atoms with Crippen molar-refractivity contribution in [3.05, 3.63) is 34.3 Å². The number of hydrogen-bond acceptors (Lipinski definition) is 2. The van der Waals surface area contributed by atoms with Crippen LogP contribution < -0.4 is 5.32 Å².